The molecule has 1 aromatic heterocycles. The molecule has 1 aliphatic rings. The summed E-state index contributed by atoms with van der Waals surface area (Å²) >= 11 is 0. The summed E-state index contributed by atoms with van der Waals surface area (Å²) < 4.78 is 32.2. The summed E-state index contributed by atoms with van der Waals surface area (Å²) in [5.74, 6) is 1.08. The lowest BCUT2D eigenvalue weighted by molar-refractivity contribution is -0.122. The molecule has 8 nitrogen and oxygen atoms in total. The monoisotopic (exact) mass is 404 g/mol. The molecule has 0 bridgehead atoms. The van der Waals surface area contributed by atoms with Crippen molar-refractivity contribution >= 4 is 22.1 Å². The summed E-state index contributed by atoms with van der Waals surface area (Å²) in [6, 6.07) is 10.4. The van der Waals surface area contributed by atoms with E-state index in [1.54, 1.807) is 30.3 Å². The molecule has 150 valence electrons. The molecular weight excluding hydrogens is 380 g/mol. The maximum Gasteiger partial charge on any atom is 0.254 e. The quantitative estimate of drug-likeness (QED) is 0.579. The lowest BCUT2D eigenvalue weighted by Gasteiger charge is -2.33. The number of nitrogens with one attached hydrogen (secondary N) is 1. The van der Waals surface area contributed by atoms with Gasteiger partial charge in [0.2, 0.25) is 10.0 Å². The van der Waals surface area contributed by atoms with Crippen LogP contribution in [-0.4, -0.2) is 62.5 Å². The number of piperazine rings is 1. The molecule has 0 atom stereocenters. The number of hydrazone groups is 1. The highest BCUT2D eigenvalue weighted by atomic mass is 32.2. The second-order valence-electron chi connectivity index (χ2n) is 6.73. The van der Waals surface area contributed by atoms with Gasteiger partial charge in [0.1, 0.15) is 11.5 Å². The highest BCUT2D eigenvalue weighted by molar-refractivity contribution is 7.89. The van der Waals surface area contributed by atoms with Crippen LogP contribution in [0.5, 0.6) is 0 Å². The third-order valence-corrected chi connectivity index (χ3v) is 6.41. The van der Waals surface area contributed by atoms with Crippen molar-refractivity contribution in [2.75, 3.05) is 32.7 Å². The predicted molar refractivity (Wildman–Crippen MR) is 106 cm³/mol. The van der Waals surface area contributed by atoms with E-state index in [0.717, 1.165) is 11.3 Å². The largest absolute Gasteiger partial charge is 0.460 e. The minimum absolute atomic E-state index is 0.160. The number of hydrogen-bond donors (Lipinski definition) is 1. The van der Waals surface area contributed by atoms with Crippen molar-refractivity contribution in [2.45, 2.75) is 18.7 Å². The fourth-order valence-electron chi connectivity index (χ4n) is 2.92. The number of benzene rings is 1. The van der Waals surface area contributed by atoms with Gasteiger partial charge in [-0.25, -0.2) is 13.8 Å². The molecule has 0 aliphatic carbocycles. The zero-order valence-electron chi connectivity index (χ0n) is 16.0. The van der Waals surface area contributed by atoms with Gasteiger partial charge in [0.15, 0.2) is 0 Å². The van der Waals surface area contributed by atoms with Crippen LogP contribution >= 0.6 is 0 Å². The standard InChI is InChI=1S/C19H24N4O4S/c1-15-3-7-18(8-4-15)28(25,26)23-11-9-22(10-12-23)14-19(24)21-20-13-17-6-5-16(2)27-17/h3-8,13H,9-12,14H2,1-2H3,(H,21,24). The van der Waals surface area contributed by atoms with Crippen LogP contribution in [0.15, 0.2) is 50.8 Å². The third-order valence-electron chi connectivity index (χ3n) is 4.50. The first-order valence-corrected chi connectivity index (χ1v) is 10.5. The minimum Gasteiger partial charge on any atom is -0.460 e. The van der Waals surface area contributed by atoms with E-state index in [0.29, 0.717) is 36.8 Å². The topological polar surface area (TPSA) is 95.2 Å². The number of furan rings is 1. The smallest absolute Gasteiger partial charge is 0.254 e. The highest BCUT2D eigenvalue weighted by Gasteiger charge is 2.28. The predicted octanol–water partition coefficient (Wildman–Crippen LogP) is 1.35. The van der Waals surface area contributed by atoms with Gasteiger partial charge in [-0.1, -0.05) is 17.7 Å². The third kappa shape index (κ3) is 5.06. The Kier molecular flexibility index (Phi) is 6.28. The number of sulfonamides is 1. The van der Waals surface area contributed by atoms with Gasteiger partial charge in [-0.3, -0.25) is 9.69 Å². The molecule has 2 aromatic rings. The minimum atomic E-state index is -3.50. The number of rotatable bonds is 6. The number of aryl methyl sites for hydroxylation is 2. The zero-order chi connectivity index (χ0) is 20.1. The van der Waals surface area contributed by atoms with Crippen LogP contribution in [0.2, 0.25) is 0 Å². The average Bonchev–Trinajstić information content (AvgIpc) is 3.08. The van der Waals surface area contributed by atoms with E-state index >= 15 is 0 Å². The molecule has 28 heavy (non-hydrogen) atoms. The lowest BCUT2D eigenvalue weighted by Crippen LogP contribution is -2.50. The molecule has 2 heterocycles. The molecule has 3 rings (SSSR count). The second kappa shape index (κ2) is 8.68. The van der Waals surface area contributed by atoms with Gasteiger partial charge in [0, 0.05) is 26.2 Å². The molecular formula is C19H24N4O4S. The normalized spacial score (nSPS) is 16.5. The number of carbonyl (C=O) groups is 1. The van der Waals surface area contributed by atoms with E-state index in [2.05, 4.69) is 10.5 Å². The highest BCUT2D eigenvalue weighted by Crippen LogP contribution is 2.18. The molecule has 1 aromatic carbocycles. The van der Waals surface area contributed by atoms with Crippen LogP contribution in [0.3, 0.4) is 0 Å². The van der Waals surface area contributed by atoms with E-state index in [-0.39, 0.29) is 12.5 Å². The molecule has 9 heteroatoms. The number of nitrogens with zero attached hydrogens (tertiary/aromatic N) is 3. The lowest BCUT2D eigenvalue weighted by atomic mass is 10.2. The van der Waals surface area contributed by atoms with Crippen LogP contribution in [0.25, 0.3) is 0 Å². The number of amides is 1. The maximum atomic E-state index is 12.7. The van der Waals surface area contributed by atoms with E-state index in [9.17, 15) is 13.2 Å². The average molecular weight is 404 g/mol. The summed E-state index contributed by atoms with van der Waals surface area (Å²) in [6.07, 6.45) is 1.44. The molecule has 1 amide bonds. The van der Waals surface area contributed by atoms with E-state index in [4.69, 9.17) is 4.42 Å². The van der Waals surface area contributed by atoms with Gasteiger partial charge in [-0.05, 0) is 38.1 Å². The summed E-state index contributed by atoms with van der Waals surface area (Å²) in [6.45, 7) is 5.57. The Hall–Kier alpha value is -2.49. The molecule has 0 unspecified atom stereocenters. The van der Waals surface area contributed by atoms with E-state index in [1.165, 1.54) is 10.5 Å². The Morgan fingerprint density at radius 2 is 1.79 bits per heavy atom. The van der Waals surface area contributed by atoms with Gasteiger partial charge >= 0.3 is 0 Å². The van der Waals surface area contributed by atoms with Crippen molar-refractivity contribution in [3.63, 3.8) is 0 Å². The first-order chi connectivity index (χ1) is 13.3. The Balaban J connectivity index is 1.47. The molecule has 1 aliphatic heterocycles. The van der Waals surface area contributed by atoms with Crippen molar-refractivity contribution in [2.24, 2.45) is 5.10 Å². The summed E-state index contributed by atoms with van der Waals surface area (Å²) in [7, 11) is -3.50. The van der Waals surface area contributed by atoms with E-state index in [1.807, 2.05) is 24.8 Å². The van der Waals surface area contributed by atoms with Gasteiger partial charge < -0.3 is 4.42 Å². The van der Waals surface area contributed by atoms with E-state index < -0.39 is 10.0 Å². The van der Waals surface area contributed by atoms with Crippen molar-refractivity contribution in [1.82, 2.24) is 14.6 Å². The summed E-state index contributed by atoms with van der Waals surface area (Å²) in [5.41, 5.74) is 3.47. The van der Waals surface area contributed by atoms with Gasteiger partial charge in [-0.15, -0.1) is 0 Å². The summed E-state index contributed by atoms with van der Waals surface area (Å²) in [4.78, 5) is 14.2. The first kappa shape index (κ1) is 20.2. The first-order valence-electron chi connectivity index (χ1n) is 9.02. The fourth-order valence-corrected chi connectivity index (χ4v) is 4.34. The van der Waals surface area contributed by atoms with Crippen molar-refractivity contribution in [1.29, 1.82) is 0 Å². The van der Waals surface area contributed by atoms with Crippen LogP contribution < -0.4 is 5.43 Å². The molecule has 0 radical (unpaired) electrons. The van der Waals surface area contributed by atoms with Crippen molar-refractivity contribution in [3.05, 3.63) is 53.5 Å². The molecule has 1 N–H and O–H groups in total. The second-order valence-corrected chi connectivity index (χ2v) is 8.67. The fraction of sp³-hybridized carbons (Fsp3) is 0.368. The van der Waals surface area contributed by atoms with Crippen molar-refractivity contribution in [3.8, 4) is 0 Å². The molecule has 1 fully saturated rings. The van der Waals surface area contributed by atoms with Gasteiger partial charge in [0.05, 0.1) is 17.7 Å². The molecule has 1 saturated heterocycles. The van der Waals surface area contributed by atoms with Crippen LogP contribution in [0.1, 0.15) is 17.1 Å². The summed E-state index contributed by atoms with van der Waals surface area (Å²) in [5, 5.41) is 3.87. The Labute approximate surface area is 164 Å². The van der Waals surface area contributed by atoms with Gasteiger partial charge in [0.25, 0.3) is 5.91 Å². The Bertz CT molecular complexity index is 943. The maximum absolute atomic E-state index is 12.7. The van der Waals surface area contributed by atoms with Crippen molar-refractivity contribution < 1.29 is 17.6 Å². The van der Waals surface area contributed by atoms with Gasteiger partial charge in [-0.2, -0.15) is 9.41 Å². The Morgan fingerprint density at radius 3 is 2.39 bits per heavy atom. The van der Waals surface area contributed by atoms with Crippen LogP contribution in [0.4, 0.5) is 0 Å². The SMILES string of the molecule is Cc1ccc(S(=O)(=O)N2CCN(CC(=O)NN=Cc3ccc(C)o3)CC2)cc1. The number of hydrogen-bond acceptors (Lipinski definition) is 6. The Morgan fingerprint density at radius 1 is 1.11 bits per heavy atom. The number of carbonyl (C=O) groups excluding carboxylic acids is 1. The zero-order valence-corrected chi connectivity index (χ0v) is 16.8. The van der Waals surface area contributed by atoms with Crippen LogP contribution in [-0.2, 0) is 14.8 Å². The van der Waals surface area contributed by atoms with Crippen LogP contribution in [0, 0.1) is 13.8 Å². The molecule has 0 saturated carbocycles. The molecule has 0 spiro atoms.